The van der Waals surface area contributed by atoms with Gasteiger partial charge in [0.2, 0.25) is 6.79 Å². The van der Waals surface area contributed by atoms with E-state index in [0.717, 1.165) is 33.8 Å². The average Bonchev–Trinajstić information content (AvgIpc) is 3.41. The van der Waals surface area contributed by atoms with Gasteiger partial charge in [0.1, 0.15) is 5.69 Å². The fraction of sp³-hybridized carbons (Fsp3) is 0.0455. The van der Waals surface area contributed by atoms with E-state index in [1.165, 1.54) is 12.1 Å². The molecule has 7 nitrogen and oxygen atoms in total. The molecule has 0 spiro atoms. The van der Waals surface area contributed by atoms with Gasteiger partial charge in [-0.3, -0.25) is 10.1 Å². The van der Waals surface area contributed by atoms with Crippen molar-refractivity contribution in [2.24, 2.45) is 0 Å². The minimum absolute atomic E-state index is 0.0418. The van der Waals surface area contributed by atoms with E-state index < -0.39 is 4.92 Å². The Labute approximate surface area is 165 Å². The Morgan fingerprint density at radius 1 is 0.897 bits per heavy atom. The van der Waals surface area contributed by atoms with E-state index in [4.69, 9.17) is 14.6 Å². The van der Waals surface area contributed by atoms with Crippen molar-refractivity contribution in [2.75, 3.05) is 6.79 Å². The molecule has 0 saturated carbocycles. The number of nitro groups is 1. The lowest BCUT2D eigenvalue weighted by atomic mass is 10.0. The van der Waals surface area contributed by atoms with E-state index in [1.807, 2.05) is 54.7 Å². The smallest absolute Gasteiger partial charge is 0.269 e. The van der Waals surface area contributed by atoms with Gasteiger partial charge in [-0.1, -0.05) is 36.4 Å². The summed E-state index contributed by atoms with van der Waals surface area (Å²) >= 11 is 0. The van der Waals surface area contributed by atoms with Crippen LogP contribution in [0.15, 0.2) is 79.0 Å². The number of non-ortho nitro benzene ring substituents is 1. The third kappa shape index (κ3) is 3.08. The number of fused-ring (bicyclic) bond motifs is 1. The Hall–Kier alpha value is -4.13. The van der Waals surface area contributed by atoms with Crippen molar-refractivity contribution in [2.45, 2.75) is 0 Å². The van der Waals surface area contributed by atoms with Crippen LogP contribution in [0.25, 0.3) is 28.1 Å². The van der Waals surface area contributed by atoms with Gasteiger partial charge in [-0.25, -0.2) is 4.68 Å². The van der Waals surface area contributed by atoms with Crippen LogP contribution in [0.4, 0.5) is 5.69 Å². The molecule has 142 valence electrons. The Balaban J connectivity index is 1.64. The monoisotopic (exact) mass is 385 g/mol. The number of hydrogen-bond acceptors (Lipinski definition) is 5. The van der Waals surface area contributed by atoms with Gasteiger partial charge >= 0.3 is 0 Å². The molecule has 7 heteroatoms. The molecule has 1 aliphatic heterocycles. The van der Waals surface area contributed by atoms with E-state index in [-0.39, 0.29) is 12.5 Å². The van der Waals surface area contributed by atoms with Crippen LogP contribution >= 0.6 is 0 Å². The molecule has 0 amide bonds. The van der Waals surface area contributed by atoms with Crippen molar-refractivity contribution >= 4 is 5.69 Å². The SMILES string of the molecule is O=[N+]([O-])c1ccc(-n2cc(-c3ccc4c(c3)OCO4)c(-c3ccccc3)n2)cc1. The highest BCUT2D eigenvalue weighted by Crippen LogP contribution is 2.39. The number of nitro benzene ring substituents is 1. The predicted octanol–water partition coefficient (Wildman–Crippen LogP) is 4.84. The highest BCUT2D eigenvalue weighted by atomic mass is 16.7. The number of hydrogen-bond donors (Lipinski definition) is 0. The van der Waals surface area contributed by atoms with Crippen LogP contribution in [-0.4, -0.2) is 21.5 Å². The van der Waals surface area contributed by atoms with E-state index in [9.17, 15) is 10.1 Å². The van der Waals surface area contributed by atoms with E-state index in [2.05, 4.69) is 0 Å². The molecule has 1 aromatic heterocycles. The quantitative estimate of drug-likeness (QED) is 0.371. The molecular formula is C22H15N3O4. The van der Waals surface area contributed by atoms with Gasteiger partial charge in [-0.2, -0.15) is 5.10 Å². The molecule has 0 fully saturated rings. The number of rotatable bonds is 4. The number of ether oxygens (including phenoxy) is 2. The Morgan fingerprint density at radius 3 is 2.41 bits per heavy atom. The summed E-state index contributed by atoms with van der Waals surface area (Å²) in [4.78, 5) is 10.5. The minimum atomic E-state index is -0.416. The van der Waals surface area contributed by atoms with Crippen LogP contribution in [0.1, 0.15) is 0 Å². The van der Waals surface area contributed by atoms with Gasteiger partial charge in [0.15, 0.2) is 11.5 Å². The number of aromatic nitrogens is 2. The van der Waals surface area contributed by atoms with Crippen LogP contribution < -0.4 is 9.47 Å². The lowest BCUT2D eigenvalue weighted by molar-refractivity contribution is -0.384. The molecule has 3 aromatic carbocycles. The second-order valence-electron chi connectivity index (χ2n) is 6.54. The third-order valence-corrected chi connectivity index (χ3v) is 4.77. The first-order chi connectivity index (χ1) is 14.2. The van der Waals surface area contributed by atoms with E-state index in [1.54, 1.807) is 16.8 Å². The molecule has 0 N–H and O–H groups in total. The summed E-state index contributed by atoms with van der Waals surface area (Å²) < 4.78 is 12.7. The van der Waals surface area contributed by atoms with Crippen LogP contribution in [0.3, 0.4) is 0 Å². The van der Waals surface area contributed by atoms with Crippen LogP contribution in [0.5, 0.6) is 11.5 Å². The fourth-order valence-electron chi connectivity index (χ4n) is 3.32. The Kier molecular flexibility index (Phi) is 3.98. The van der Waals surface area contributed by atoms with Crippen LogP contribution in [0, 0.1) is 10.1 Å². The largest absolute Gasteiger partial charge is 0.454 e. The van der Waals surface area contributed by atoms with Gasteiger partial charge < -0.3 is 9.47 Å². The van der Waals surface area contributed by atoms with Crippen molar-refractivity contribution in [3.05, 3.63) is 89.1 Å². The maximum Gasteiger partial charge on any atom is 0.269 e. The topological polar surface area (TPSA) is 79.4 Å². The fourth-order valence-corrected chi connectivity index (χ4v) is 3.32. The van der Waals surface area contributed by atoms with E-state index >= 15 is 0 Å². The molecule has 1 aliphatic rings. The molecular weight excluding hydrogens is 370 g/mol. The van der Waals surface area contributed by atoms with Crippen molar-refractivity contribution < 1.29 is 14.4 Å². The molecule has 0 aliphatic carbocycles. The molecule has 0 saturated heterocycles. The molecule has 0 radical (unpaired) electrons. The summed E-state index contributed by atoms with van der Waals surface area (Å²) in [5, 5.41) is 15.7. The van der Waals surface area contributed by atoms with Crippen molar-refractivity contribution in [3.63, 3.8) is 0 Å². The zero-order valence-corrected chi connectivity index (χ0v) is 15.2. The summed E-state index contributed by atoms with van der Waals surface area (Å²) in [6, 6.07) is 22.0. The molecule has 2 heterocycles. The Bertz CT molecular complexity index is 1200. The predicted molar refractivity (Wildman–Crippen MR) is 107 cm³/mol. The van der Waals surface area contributed by atoms with Crippen molar-refractivity contribution in [1.29, 1.82) is 0 Å². The minimum Gasteiger partial charge on any atom is -0.454 e. The highest BCUT2D eigenvalue weighted by molar-refractivity contribution is 5.82. The molecule has 0 atom stereocenters. The van der Waals surface area contributed by atoms with Crippen molar-refractivity contribution in [1.82, 2.24) is 9.78 Å². The molecule has 5 rings (SSSR count). The molecule has 0 bridgehead atoms. The van der Waals surface area contributed by atoms with Gasteiger partial charge in [-0.05, 0) is 29.8 Å². The summed E-state index contributed by atoms with van der Waals surface area (Å²) in [6.45, 7) is 0.215. The second-order valence-corrected chi connectivity index (χ2v) is 6.54. The lowest BCUT2D eigenvalue weighted by Crippen LogP contribution is -1.95. The van der Waals surface area contributed by atoms with Gasteiger partial charge in [-0.15, -0.1) is 0 Å². The maximum atomic E-state index is 10.9. The van der Waals surface area contributed by atoms with Crippen LogP contribution in [0.2, 0.25) is 0 Å². The first-order valence-electron chi connectivity index (χ1n) is 8.99. The van der Waals surface area contributed by atoms with Crippen LogP contribution in [-0.2, 0) is 0 Å². The summed E-state index contributed by atoms with van der Waals surface area (Å²) in [5.41, 5.74) is 4.43. The zero-order chi connectivity index (χ0) is 19.8. The lowest BCUT2D eigenvalue weighted by Gasteiger charge is -2.04. The molecule has 0 unspecified atom stereocenters. The first-order valence-corrected chi connectivity index (χ1v) is 8.99. The Morgan fingerprint density at radius 2 is 1.66 bits per heavy atom. The second kappa shape index (κ2) is 6.79. The van der Waals surface area contributed by atoms with Crippen molar-refractivity contribution in [3.8, 4) is 39.6 Å². The number of nitrogens with zero attached hydrogens (tertiary/aromatic N) is 3. The standard InChI is InChI=1S/C22H15N3O4/c26-25(27)18-9-7-17(8-10-18)24-13-19(22(23-24)15-4-2-1-3-5-15)16-6-11-20-21(12-16)29-14-28-20/h1-13H,14H2. The van der Waals surface area contributed by atoms with Gasteiger partial charge in [0.05, 0.1) is 10.6 Å². The normalized spacial score (nSPS) is 12.1. The summed E-state index contributed by atoms with van der Waals surface area (Å²) in [5.74, 6) is 1.42. The molecule has 29 heavy (non-hydrogen) atoms. The van der Waals surface area contributed by atoms with Gasteiger partial charge in [0.25, 0.3) is 5.69 Å². The first kappa shape index (κ1) is 17.0. The highest BCUT2D eigenvalue weighted by Gasteiger charge is 2.19. The maximum absolute atomic E-state index is 10.9. The number of benzene rings is 3. The van der Waals surface area contributed by atoms with E-state index in [0.29, 0.717) is 5.75 Å². The third-order valence-electron chi connectivity index (χ3n) is 4.77. The summed E-state index contributed by atoms with van der Waals surface area (Å²) in [6.07, 6.45) is 1.92. The average molecular weight is 385 g/mol. The molecule has 4 aromatic rings. The van der Waals surface area contributed by atoms with Gasteiger partial charge in [0, 0.05) is 29.5 Å². The zero-order valence-electron chi connectivity index (χ0n) is 15.2. The summed E-state index contributed by atoms with van der Waals surface area (Å²) in [7, 11) is 0.